The van der Waals surface area contributed by atoms with E-state index in [1.54, 1.807) is 42.7 Å². The smallest absolute Gasteiger partial charge is 0.143 e. The third-order valence-electron chi connectivity index (χ3n) is 4.21. The van der Waals surface area contributed by atoms with Crippen LogP contribution in [0.5, 0.6) is 5.75 Å². The molecule has 0 fully saturated rings. The number of ether oxygens (including phenoxy) is 1. The summed E-state index contributed by atoms with van der Waals surface area (Å²) in [7, 11) is 1.57. The van der Waals surface area contributed by atoms with Gasteiger partial charge in [0.15, 0.2) is 0 Å². The topological polar surface area (TPSA) is 47.0 Å². The third-order valence-corrected chi connectivity index (χ3v) is 5.52. The van der Waals surface area contributed by atoms with Crippen LogP contribution in [0, 0.1) is 12.7 Å². The molecule has 0 radical (unpaired) electrons. The number of fused-ring (bicyclic) bond motifs is 1. The molecule has 4 rings (SSSR count). The van der Waals surface area contributed by atoms with Crippen molar-refractivity contribution in [3.63, 3.8) is 0 Å². The predicted molar refractivity (Wildman–Crippen MR) is 109 cm³/mol. The van der Waals surface area contributed by atoms with Crippen molar-refractivity contribution in [1.29, 1.82) is 0 Å². The summed E-state index contributed by atoms with van der Waals surface area (Å²) in [4.78, 5) is 10.8. The molecule has 1 N–H and O–H groups in total. The molecule has 7 heteroatoms. The number of aryl methyl sites for hydroxylation is 1. The van der Waals surface area contributed by atoms with Gasteiger partial charge in [-0.25, -0.2) is 14.4 Å². The van der Waals surface area contributed by atoms with Crippen molar-refractivity contribution in [1.82, 2.24) is 9.97 Å². The van der Waals surface area contributed by atoms with Crippen LogP contribution in [0.1, 0.15) is 4.88 Å². The van der Waals surface area contributed by atoms with E-state index in [4.69, 9.17) is 16.3 Å². The van der Waals surface area contributed by atoms with Crippen molar-refractivity contribution in [3.05, 3.63) is 64.5 Å². The minimum absolute atomic E-state index is 0.265. The van der Waals surface area contributed by atoms with Gasteiger partial charge in [0, 0.05) is 16.1 Å². The van der Waals surface area contributed by atoms with Gasteiger partial charge in [0.25, 0.3) is 0 Å². The van der Waals surface area contributed by atoms with Gasteiger partial charge >= 0.3 is 0 Å². The van der Waals surface area contributed by atoms with Gasteiger partial charge in [-0.05, 0) is 42.8 Å². The van der Waals surface area contributed by atoms with Crippen LogP contribution >= 0.6 is 22.9 Å². The van der Waals surface area contributed by atoms with E-state index in [0.717, 1.165) is 31.9 Å². The number of halogens is 2. The Balaban J connectivity index is 1.84. The molecule has 136 valence electrons. The normalized spacial score (nSPS) is 11.0. The van der Waals surface area contributed by atoms with Crippen LogP contribution in [0.15, 0.2) is 48.8 Å². The van der Waals surface area contributed by atoms with Crippen molar-refractivity contribution >= 4 is 44.7 Å². The number of anilines is 2. The molecule has 0 aliphatic carbocycles. The fourth-order valence-corrected chi connectivity index (χ4v) is 4.25. The highest BCUT2D eigenvalue weighted by molar-refractivity contribution is 7.19. The van der Waals surface area contributed by atoms with Crippen LogP contribution in [-0.2, 0) is 0 Å². The maximum Gasteiger partial charge on any atom is 0.143 e. The Kier molecular flexibility index (Phi) is 4.68. The Hall–Kier alpha value is -2.70. The van der Waals surface area contributed by atoms with E-state index in [9.17, 15) is 4.39 Å². The standard InChI is InChI=1S/C20H15ClFN3OS/c1-11-17(12-3-5-13(22)6-4-12)18-19(23-10-24-20(18)27-11)25-14-7-8-16(26-2)15(21)9-14/h3-10H,1-2H3,(H,23,24,25). The summed E-state index contributed by atoms with van der Waals surface area (Å²) in [5.74, 6) is 1.01. The van der Waals surface area contributed by atoms with Crippen molar-refractivity contribution in [3.8, 4) is 16.9 Å². The molecular weight excluding hydrogens is 385 g/mol. The van der Waals surface area contributed by atoms with Gasteiger partial charge in [-0.3, -0.25) is 0 Å². The lowest BCUT2D eigenvalue weighted by atomic mass is 10.0. The molecule has 27 heavy (non-hydrogen) atoms. The maximum absolute atomic E-state index is 13.4. The number of benzene rings is 2. The molecule has 0 atom stereocenters. The molecule has 2 aromatic heterocycles. The van der Waals surface area contributed by atoms with Crippen molar-refractivity contribution in [2.45, 2.75) is 6.92 Å². The SMILES string of the molecule is COc1ccc(Nc2ncnc3sc(C)c(-c4ccc(F)cc4)c23)cc1Cl. The molecule has 0 aliphatic rings. The molecule has 4 aromatic rings. The lowest BCUT2D eigenvalue weighted by Crippen LogP contribution is -1.96. The molecule has 0 bridgehead atoms. The summed E-state index contributed by atoms with van der Waals surface area (Å²) in [5, 5.41) is 4.72. The zero-order valence-electron chi connectivity index (χ0n) is 14.6. The van der Waals surface area contributed by atoms with E-state index in [0.29, 0.717) is 16.6 Å². The number of thiophene rings is 1. The second-order valence-electron chi connectivity index (χ2n) is 5.92. The first-order valence-electron chi connectivity index (χ1n) is 8.17. The Morgan fingerprint density at radius 1 is 1.11 bits per heavy atom. The maximum atomic E-state index is 13.4. The average molecular weight is 400 g/mol. The van der Waals surface area contributed by atoms with Gasteiger partial charge in [-0.15, -0.1) is 11.3 Å². The third kappa shape index (κ3) is 3.34. The number of rotatable bonds is 4. The van der Waals surface area contributed by atoms with Gasteiger partial charge in [-0.2, -0.15) is 0 Å². The van der Waals surface area contributed by atoms with E-state index >= 15 is 0 Å². The van der Waals surface area contributed by atoms with Gasteiger partial charge in [0.1, 0.15) is 28.5 Å². The van der Waals surface area contributed by atoms with E-state index in [1.807, 2.05) is 13.0 Å². The first-order valence-corrected chi connectivity index (χ1v) is 9.37. The number of methoxy groups -OCH3 is 1. The molecular formula is C20H15ClFN3OS. The van der Waals surface area contributed by atoms with Crippen LogP contribution in [0.2, 0.25) is 5.02 Å². The first kappa shape index (κ1) is 17.7. The van der Waals surface area contributed by atoms with E-state index in [1.165, 1.54) is 18.5 Å². The largest absolute Gasteiger partial charge is 0.495 e. The fourth-order valence-electron chi connectivity index (χ4n) is 2.98. The van der Waals surface area contributed by atoms with Gasteiger partial charge < -0.3 is 10.1 Å². The predicted octanol–water partition coefficient (Wildman–Crippen LogP) is 6.21. The molecule has 2 heterocycles. The van der Waals surface area contributed by atoms with Crippen LogP contribution in [0.25, 0.3) is 21.3 Å². The average Bonchev–Trinajstić information content (AvgIpc) is 2.99. The lowest BCUT2D eigenvalue weighted by Gasteiger charge is -2.10. The van der Waals surface area contributed by atoms with Crippen LogP contribution < -0.4 is 10.1 Å². The summed E-state index contributed by atoms with van der Waals surface area (Å²) in [5.41, 5.74) is 2.71. The molecule has 0 amide bonds. The highest BCUT2D eigenvalue weighted by Gasteiger charge is 2.17. The molecule has 0 saturated heterocycles. The number of nitrogens with zero attached hydrogens (tertiary/aromatic N) is 2. The van der Waals surface area contributed by atoms with Crippen molar-refractivity contribution in [2.24, 2.45) is 0 Å². The molecule has 0 aliphatic heterocycles. The Bertz CT molecular complexity index is 1130. The zero-order valence-corrected chi connectivity index (χ0v) is 16.2. The Labute approximate surface area is 164 Å². The summed E-state index contributed by atoms with van der Waals surface area (Å²) < 4.78 is 18.5. The van der Waals surface area contributed by atoms with E-state index in [2.05, 4.69) is 15.3 Å². The Morgan fingerprint density at radius 3 is 2.59 bits per heavy atom. The van der Waals surface area contributed by atoms with Crippen LogP contribution in [-0.4, -0.2) is 17.1 Å². The fraction of sp³-hybridized carbons (Fsp3) is 0.100. The van der Waals surface area contributed by atoms with Crippen molar-refractivity contribution < 1.29 is 9.13 Å². The lowest BCUT2D eigenvalue weighted by molar-refractivity contribution is 0.415. The van der Waals surface area contributed by atoms with Crippen molar-refractivity contribution in [2.75, 3.05) is 12.4 Å². The number of nitrogens with one attached hydrogen (secondary N) is 1. The Morgan fingerprint density at radius 2 is 1.89 bits per heavy atom. The molecule has 0 saturated carbocycles. The van der Waals surface area contributed by atoms with Crippen LogP contribution in [0.4, 0.5) is 15.9 Å². The summed E-state index contributed by atoms with van der Waals surface area (Å²) in [6, 6.07) is 11.9. The number of aromatic nitrogens is 2. The monoisotopic (exact) mass is 399 g/mol. The molecule has 4 nitrogen and oxygen atoms in total. The van der Waals surface area contributed by atoms with Gasteiger partial charge in [-0.1, -0.05) is 23.7 Å². The quantitative estimate of drug-likeness (QED) is 0.443. The number of hydrogen-bond acceptors (Lipinski definition) is 5. The minimum Gasteiger partial charge on any atom is -0.495 e. The summed E-state index contributed by atoms with van der Waals surface area (Å²) in [6.45, 7) is 2.03. The van der Waals surface area contributed by atoms with E-state index in [-0.39, 0.29) is 5.82 Å². The van der Waals surface area contributed by atoms with Crippen LogP contribution in [0.3, 0.4) is 0 Å². The summed E-state index contributed by atoms with van der Waals surface area (Å²) in [6.07, 6.45) is 1.53. The van der Waals surface area contributed by atoms with Gasteiger partial charge in [0.2, 0.25) is 0 Å². The highest BCUT2D eigenvalue weighted by atomic mass is 35.5. The molecule has 0 spiro atoms. The first-order chi connectivity index (χ1) is 13.1. The van der Waals surface area contributed by atoms with E-state index < -0.39 is 0 Å². The highest BCUT2D eigenvalue weighted by Crippen LogP contribution is 2.41. The molecule has 2 aromatic carbocycles. The zero-order chi connectivity index (χ0) is 19.0. The minimum atomic E-state index is -0.265. The second kappa shape index (κ2) is 7.13. The second-order valence-corrected chi connectivity index (χ2v) is 7.53. The summed E-state index contributed by atoms with van der Waals surface area (Å²) >= 11 is 7.81. The number of hydrogen-bond donors (Lipinski definition) is 1. The van der Waals surface area contributed by atoms with Gasteiger partial charge in [0.05, 0.1) is 17.5 Å². The molecule has 0 unspecified atom stereocenters.